The summed E-state index contributed by atoms with van der Waals surface area (Å²) in [6.45, 7) is 10.4. The molecule has 14 nitrogen and oxygen atoms in total. The molecule has 2 aliphatic rings. The van der Waals surface area contributed by atoms with E-state index in [1.165, 1.54) is 0 Å². The number of ether oxygens (including phenoxy) is 1. The quantitative estimate of drug-likeness (QED) is 0.178. The van der Waals surface area contributed by atoms with E-state index < -0.39 is 0 Å². The molecule has 0 spiro atoms. The minimum Gasteiger partial charge on any atom is -0.475 e. The maximum Gasteiger partial charge on any atom is 0.236 e. The predicted molar refractivity (Wildman–Crippen MR) is 192 cm³/mol. The van der Waals surface area contributed by atoms with Crippen LogP contribution in [-0.2, 0) is 16.6 Å². The molecule has 1 atom stereocenters. The third kappa shape index (κ3) is 7.75. The number of anilines is 3. The Balaban J connectivity index is 1.01. The molecule has 2 fully saturated rings. The van der Waals surface area contributed by atoms with Crippen molar-refractivity contribution in [3.05, 3.63) is 72.3 Å². The fraction of sp³-hybridized carbons (Fsp3) is 0.417. The fourth-order valence-corrected chi connectivity index (χ4v) is 6.44. The third-order valence-corrected chi connectivity index (χ3v) is 9.12. The molecule has 262 valence electrons. The number of rotatable bonds is 11. The molecule has 0 unspecified atom stereocenters. The van der Waals surface area contributed by atoms with Crippen molar-refractivity contribution in [1.29, 1.82) is 5.41 Å². The Morgan fingerprint density at radius 2 is 1.82 bits per heavy atom. The average molecular weight is 680 g/mol. The first kappa shape index (κ1) is 34.5. The molecule has 2 saturated heterocycles. The fourth-order valence-electron chi connectivity index (χ4n) is 6.44. The Hall–Kier alpha value is -5.37. The number of benzene rings is 1. The smallest absolute Gasteiger partial charge is 0.236 e. The lowest BCUT2D eigenvalue weighted by Gasteiger charge is -2.36. The van der Waals surface area contributed by atoms with Crippen LogP contribution >= 0.6 is 0 Å². The standard InChI is InChI=1S/C36H45N11O3/c1-5-47(28-8-9-30(37)29(18-28)34(38)25-7-11-32(40-19-25)50-24(2)3)36(49)27-12-13-44(21-27)22-33(48)46-16-14-45(15-17-46)31-10-6-26(20-39-31)35-41-23-43(4)42-35/h6-11,18-20,23-24,27,38H,5,12-17,21-22,37H2,1-4H3/t27-/m1/s1. The summed E-state index contributed by atoms with van der Waals surface area (Å²) >= 11 is 0. The zero-order valence-electron chi connectivity index (χ0n) is 29.1. The number of likely N-dealkylation sites (tertiary alicyclic amines) is 1. The Morgan fingerprint density at radius 3 is 2.46 bits per heavy atom. The third-order valence-electron chi connectivity index (χ3n) is 9.12. The molecule has 0 saturated carbocycles. The Labute approximate surface area is 292 Å². The van der Waals surface area contributed by atoms with E-state index in [1.54, 1.807) is 52.6 Å². The van der Waals surface area contributed by atoms with Gasteiger partial charge in [0.2, 0.25) is 17.7 Å². The number of aryl methyl sites for hydroxylation is 1. The summed E-state index contributed by atoms with van der Waals surface area (Å²) in [4.78, 5) is 48.3. The van der Waals surface area contributed by atoms with E-state index in [0.717, 1.165) is 11.4 Å². The van der Waals surface area contributed by atoms with Crippen molar-refractivity contribution in [2.45, 2.75) is 33.3 Å². The van der Waals surface area contributed by atoms with Crippen molar-refractivity contribution >= 4 is 34.7 Å². The van der Waals surface area contributed by atoms with Crippen molar-refractivity contribution < 1.29 is 14.3 Å². The number of nitrogens with one attached hydrogen (secondary N) is 1. The molecule has 50 heavy (non-hydrogen) atoms. The van der Waals surface area contributed by atoms with E-state index in [4.69, 9.17) is 15.9 Å². The molecule has 4 aromatic rings. The number of amides is 2. The number of hydrogen-bond acceptors (Lipinski definition) is 11. The molecule has 6 rings (SSSR count). The number of carbonyl (C=O) groups excluding carboxylic acids is 2. The summed E-state index contributed by atoms with van der Waals surface area (Å²) in [7, 11) is 1.83. The summed E-state index contributed by atoms with van der Waals surface area (Å²) in [6.07, 6.45) is 5.72. The Kier molecular flexibility index (Phi) is 10.4. The topological polar surface area (TPSA) is 163 Å². The number of nitrogens with zero attached hydrogens (tertiary/aromatic N) is 9. The molecule has 0 aliphatic carbocycles. The summed E-state index contributed by atoms with van der Waals surface area (Å²) < 4.78 is 7.29. The van der Waals surface area contributed by atoms with Gasteiger partial charge in [0.1, 0.15) is 12.1 Å². The monoisotopic (exact) mass is 679 g/mol. The van der Waals surface area contributed by atoms with Gasteiger partial charge in [-0.15, -0.1) is 0 Å². The molecule has 5 heterocycles. The highest BCUT2D eigenvalue weighted by atomic mass is 16.5. The molecule has 0 bridgehead atoms. The lowest BCUT2D eigenvalue weighted by atomic mass is 10.0. The maximum atomic E-state index is 13.8. The van der Waals surface area contributed by atoms with Gasteiger partial charge < -0.3 is 25.2 Å². The first-order chi connectivity index (χ1) is 24.1. The van der Waals surface area contributed by atoms with Gasteiger partial charge in [0, 0.05) is 92.8 Å². The highest BCUT2D eigenvalue weighted by Crippen LogP contribution is 2.28. The lowest BCUT2D eigenvalue weighted by Crippen LogP contribution is -2.51. The summed E-state index contributed by atoms with van der Waals surface area (Å²) in [6, 6.07) is 12.8. The SMILES string of the molecule is CCN(C(=O)[C@@H]1CCN(CC(=O)N2CCN(c3ccc(-c4ncn(C)n4)cn3)CC2)C1)c1ccc(N)c(C(=N)c2ccc(OC(C)C)nc2)c1. The highest BCUT2D eigenvalue weighted by molar-refractivity contribution is 6.14. The van der Waals surface area contributed by atoms with Gasteiger partial charge in [-0.2, -0.15) is 5.10 Å². The first-order valence-electron chi connectivity index (χ1n) is 17.1. The zero-order chi connectivity index (χ0) is 35.4. The molecular formula is C36H45N11O3. The van der Waals surface area contributed by atoms with Gasteiger partial charge in [0.25, 0.3) is 0 Å². The number of hydrogen-bond donors (Lipinski definition) is 2. The van der Waals surface area contributed by atoms with Gasteiger partial charge in [-0.25, -0.2) is 15.0 Å². The van der Waals surface area contributed by atoms with E-state index >= 15 is 0 Å². The van der Waals surface area contributed by atoms with Crippen molar-refractivity contribution in [1.82, 2.24) is 34.5 Å². The molecule has 3 aromatic heterocycles. The van der Waals surface area contributed by atoms with Crippen LogP contribution in [0.25, 0.3) is 11.4 Å². The van der Waals surface area contributed by atoms with Crippen LogP contribution in [0.3, 0.4) is 0 Å². The number of aromatic nitrogens is 5. The van der Waals surface area contributed by atoms with Crippen molar-refractivity contribution in [3.8, 4) is 17.3 Å². The van der Waals surface area contributed by atoms with Gasteiger partial charge in [0.05, 0.1) is 24.3 Å². The molecule has 14 heteroatoms. The van der Waals surface area contributed by atoms with Crippen LogP contribution in [0.5, 0.6) is 5.88 Å². The minimum atomic E-state index is -0.229. The van der Waals surface area contributed by atoms with E-state index in [2.05, 4.69) is 29.9 Å². The second-order valence-electron chi connectivity index (χ2n) is 13.0. The van der Waals surface area contributed by atoms with E-state index in [1.807, 2.05) is 50.9 Å². The van der Waals surface area contributed by atoms with Crippen LogP contribution in [0.4, 0.5) is 17.2 Å². The van der Waals surface area contributed by atoms with Crippen molar-refractivity contribution in [2.75, 3.05) is 67.9 Å². The summed E-state index contributed by atoms with van der Waals surface area (Å²) in [5.41, 5.74) is 9.65. The Bertz CT molecular complexity index is 1820. The first-order valence-corrected chi connectivity index (χ1v) is 17.1. The predicted octanol–water partition coefficient (Wildman–Crippen LogP) is 3.08. The van der Waals surface area contributed by atoms with Crippen LogP contribution in [0, 0.1) is 11.3 Å². The maximum absolute atomic E-state index is 13.8. The minimum absolute atomic E-state index is 0.00294. The number of carbonyl (C=O) groups is 2. The van der Waals surface area contributed by atoms with Crippen molar-refractivity contribution in [2.24, 2.45) is 13.0 Å². The van der Waals surface area contributed by atoms with Gasteiger partial charge in [-0.05, 0) is 70.1 Å². The highest BCUT2D eigenvalue weighted by Gasteiger charge is 2.34. The van der Waals surface area contributed by atoms with Crippen LogP contribution in [0.1, 0.15) is 38.3 Å². The van der Waals surface area contributed by atoms with Gasteiger partial charge in [-0.3, -0.25) is 24.6 Å². The van der Waals surface area contributed by atoms with E-state index in [0.29, 0.717) is 86.4 Å². The van der Waals surface area contributed by atoms with Gasteiger partial charge in [-0.1, -0.05) is 0 Å². The van der Waals surface area contributed by atoms with Crippen LogP contribution in [0.2, 0.25) is 0 Å². The van der Waals surface area contributed by atoms with Crippen LogP contribution < -0.4 is 20.3 Å². The van der Waals surface area contributed by atoms with Gasteiger partial charge in [0.15, 0.2) is 5.82 Å². The van der Waals surface area contributed by atoms with Gasteiger partial charge >= 0.3 is 0 Å². The van der Waals surface area contributed by atoms with E-state index in [-0.39, 0.29) is 36.1 Å². The second kappa shape index (κ2) is 15.0. The number of nitrogen functional groups attached to an aromatic ring is 1. The molecule has 0 radical (unpaired) electrons. The largest absolute Gasteiger partial charge is 0.475 e. The van der Waals surface area contributed by atoms with Crippen LogP contribution in [0.15, 0.2) is 61.2 Å². The zero-order valence-corrected chi connectivity index (χ0v) is 29.1. The molecule has 3 N–H and O–H groups in total. The lowest BCUT2D eigenvalue weighted by molar-refractivity contribution is -0.132. The molecule has 2 amide bonds. The number of nitrogens with two attached hydrogens (primary N) is 1. The number of piperazine rings is 1. The second-order valence-corrected chi connectivity index (χ2v) is 13.0. The summed E-state index contributed by atoms with van der Waals surface area (Å²) in [5.74, 6) is 1.85. The van der Waals surface area contributed by atoms with Crippen molar-refractivity contribution in [3.63, 3.8) is 0 Å². The average Bonchev–Trinajstić information content (AvgIpc) is 3.78. The molecule has 2 aliphatic heterocycles. The Morgan fingerprint density at radius 1 is 1.02 bits per heavy atom. The normalized spacial score (nSPS) is 16.5. The van der Waals surface area contributed by atoms with Crippen LogP contribution in [-0.4, -0.2) is 111 Å². The van der Waals surface area contributed by atoms with E-state index in [9.17, 15) is 9.59 Å². The summed E-state index contributed by atoms with van der Waals surface area (Å²) in [5, 5.41) is 13.2. The molecular weight excluding hydrogens is 634 g/mol. The number of pyridine rings is 2. The molecule has 1 aromatic carbocycles.